The molecule has 4 heteroatoms. The number of nitrogens with one attached hydrogen (secondary N) is 1. The van der Waals surface area contributed by atoms with Crippen LogP contribution >= 0.6 is 15.9 Å². The molecule has 1 N–H and O–H groups in total. The van der Waals surface area contributed by atoms with Crippen LogP contribution in [0.1, 0.15) is 5.56 Å². The van der Waals surface area contributed by atoms with Gasteiger partial charge in [0.25, 0.3) is 0 Å². The molecule has 0 spiro atoms. The number of aromatic nitrogens is 1. The van der Waals surface area contributed by atoms with E-state index in [0.29, 0.717) is 0 Å². The van der Waals surface area contributed by atoms with Gasteiger partial charge in [-0.25, -0.2) is 4.98 Å². The summed E-state index contributed by atoms with van der Waals surface area (Å²) >= 11 is 3.42. The molecule has 0 aliphatic carbocycles. The van der Waals surface area contributed by atoms with Crippen LogP contribution in [-0.2, 0) is 6.42 Å². The van der Waals surface area contributed by atoms with Crippen LogP contribution < -0.4 is 10.1 Å². The van der Waals surface area contributed by atoms with Gasteiger partial charge in [-0.15, -0.1) is 0 Å². The van der Waals surface area contributed by atoms with Crippen LogP contribution in [0.25, 0.3) is 0 Å². The second-order valence-corrected chi connectivity index (χ2v) is 4.47. The predicted molar refractivity (Wildman–Crippen MR) is 58.6 cm³/mol. The Morgan fingerprint density at radius 1 is 1.64 bits per heavy atom. The standard InChI is InChI=1S/C10H13BrN2O/c1-14-10-8(2-7-4-12-5-7)3-9(11)6-13-10/h3,6-7,12H,2,4-5H2,1H3. The van der Waals surface area contributed by atoms with Crippen LogP contribution in [0.4, 0.5) is 0 Å². The number of nitrogens with zero attached hydrogens (tertiary/aromatic N) is 1. The van der Waals surface area contributed by atoms with E-state index in [-0.39, 0.29) is 0 Å². The van der Waals surface area contributed by atoms with Crippen LogP contribution in [0.15, 0.2) is 16.7 Å². The lowest BCUT2D eigenvalue weighted by atomic mass is 9.95. The topological polar surface area (TPSA) is 34.1 Å². The third-order valence-corrected chi connectivity index (χ3v) is 2.89. The summed E-state index contributed by atoms with van der Waals surface area (Å²) in [6.45, 7) is 2.21. The molecule has 0 unspecified atom stereocenters. The first-order valence-corrected chi connectivity index (χ1v) is 5.48. The van der Waals surface area contributed by atoms with E-state index in [2.05, 4.69) is 32.3 Å². The van der Waals surface area contributed by atoms with E-state index in [9.17, 15) is 0 Å². The maximum absolute atomic E-state index is 5.22. The van der Waals surface area contributed by atoms with Crippen molar-refractivity contribution in [1.29, 1.82) is 0 Å². The van der Waals surface area contributed by atoms with Crippen molar-refractivity contribution in [2.45, 2.75) is 6.42 Å². The molecule has 14 heavy (non-hydrogen) atoms. The fraction of sp³-hybridized carbons (Fsp3) is 0.500. The van der Waals surface area contributed by atoms with Gasteiger partial charge in [-0.1, -0.05) is 0 Å². The number of ether oxygens (including phenoxy) is 1. The van der Waals surface area contributed by atoms with E-state index < -0.39 is 0 Å². The summed E-state index contributed by atoms with van der Waals surface area (Å²) < 4.78 is 6.23. The van der Waals surface area contributed by atoms with Crippen molar-refractivity contribution in [3.63, 3.8) is 0 Å². The van der Waals surface area contributed by atoms with Gasteiger partial charge in [0.15, 0.2) is 0 Å². The number of hydrogen-bond acceptors (Lipinski definition) is 3. The van der Waals surface area contributed by atoms with Gasteiger partial charge in [0.2, 0.25) is 5.88 Å². The fourth-order valence-electron chi connectivity index (χ4n) is 1.60. The Morgan fingerprint density at radius 2 is 2.43 bits per heavy atom. The predicted octanol–water partition coefficient (Wildman–Crippen LogP) is 1.61. The highest BCUT2D eigenvalue weighted by atomic mass is 79.9. The third-order valence-electron chi connectivity index (χ3n) is 2.46. The summed E-state index contributed by atoms with van der Waals surface area (Å²) in [5.74, 6) is 1.49. The third kappa shape index (κ3) is 2.07. The quantitative estimate of drug-likeness (QED) is 0.893. The van der Waals surface area contributed by atoms with Gasteiger partial charge in [0.1, 0.15) is 0 Å². The Kier molecular flexibility index (Phi) is 3.03. The zero-order valence-corrected chi connectivity index (χ0v) is 9.67. The normalized spacial score (nSPS) is 16.4. The van der Waals surface area contributed by atoms with Crippen molar-refractivity contribution in [3.05, 3.63) is 22.3 Å². The number of rotatable bonds is 3. The number of halogens is 1. The molecule has 1 aliphatic heterocycles. The van der Waals surface area contributed by atoms with Crippen molar-refractivity contribution in [2.24, 2.45) is 5.92 Å². The summed E-state index contributed by atoms with van der Waals surface area (Å²) in [4.78, 5) is 4.22. The second-order valence-electron chi connectivity index (χ2n) is 3.55. The molecule has 0 bridgehead atoms. The SMILES string of the molecule is COc1ncc(Br)cc1CC1CNC1. The Labute approximate surface area is 92.0 Å². The highest BCUT2D eigenvalue weighted by Gasteiger charge is 2.19. The van der Waals surface area contributed by atoms with Gasteiger partial charge >= 0.3 is 0 Å². The van der Waals surface area contributed by atoms with Crippen molar-refractivity contribution in [3.8, 4) is 5.88 Å². The molecule has 1 aromatic heterocycles. The molecule has 0 saturated carbocycles. The van der Waals surface area contributed by atoms with E-state index in [1.54, 1.807) is 13.3 Å². The van der Waals surface area contributed by atoms with Gasteiger partial charge in [-0.2, -0.15) is 0 Å². The molecule has 1 aliphatic rings. The minimum absolute atomic E-state index is 0.736. The molecule has 2 heterocycles. The Hall–Kier alpha value is -0.610. The van der Waals surface area contributed by atoms with Crippen LogP contribution in [-0.4, -0.2) is 25.2 Å². The summed E-state index contributed by atoms with van der Waals surface area (Å²) in [5, 5.41) is 3.26. The van der Waals surface area contributed by atoms with Crippen molar-refractivity contribution in [2.75, 3.05) is 20.2 Å². The molecule has 0 aromatic carbocycles. The second kappa shape index (κ2) is 4.28. The Morgan fingerprint density at radius 3 is 3.00 bits per heavy atom. The van der Waals surface area contributed by atoms with E-state index in [1.807, 2.05) is 0 Å². The van der Waals surface area contributed by atoms with Gasteiger partial charge < -0.3 is 10.1 Å². The van der Waals surface area contributed by atoms with Crippen molar-refractivity contribution < 1.29 is 4.74 Å². The summed E-state index contributed by atoms with van der Waals surface area (Å²) in [7, 11) is 1.67. The Bertz CT molecular complexity index is 326. The lowest BCUT2D eigenvalue weighted by Gasteiger charge is -2.27. The maximum Gasteiger partial charge on any atom is 0.216 e. The lowest BCUT2D eigenvalue weighted by Crippen LogP contribution is -2.43. The van der Waals surface area contributed by atoms with Gasteiger partial charge in [0, 0.05) is 16.2 Å². The zero-order chi connectivity index (χ0) is 9.97. The average Bonchev–Trinajstić information content (AvgIpc) is 2.12. The molecular weight excluding hydrogens is 244 g/mol. The van der Waals surface area contributed by atoms with E-state index in [0.717, 1.165) is 35.8 Å². The monoisotopic (exact) mass is 256 g/mol. The number of methoxy groups -OCH3 is 1. The van der Waals surface area contributed by atoms with E-state index in [1.165, 1.54) is 5.56 Å². The molecule has 0 amide bonds. The van der Waals surface area contributed by atoms with Crippen LogP contribution in [0.2, 0.25) is 0 Å². The summed E-state index contributed by atoms with van der Waals surface area (Å²) in [6.07, 6.45) is 2.81. The highest BCUT2D eigenvalue weighted by molar-refractivity contribution is 9.10. The molecule has 1 aromatic rings. The highest BCUT2D eigenvalue weighted by Crippen LogP contribution is 2.23. The van der Waals surface area contributed by atoms with Crippen molar-refractivity contribution >= 4 is 15.9 Å². The molecule has 0 radical (unpaired) electrons. The molecule has 3 nitrogen and oxygen atoms in total. The molecule has 0 atom stereocenters. The first kappa shape index (κ1) is 9.93. The summed E-state index contributed by atoms with van der Waals surface area (Å²) in [6, 6.07) is 2.09. The summed E-state index contributed by atoms with van der Waals surface area (Å²) in [5.41, 5.74) is 1.19. The Balaban J connectivity index is 2.15. The molecular formula is C10H13BrN2O. The smallest absolute Gasteiger partial charge is 0.216 e. The molecule has 1 saturated heterocycles. The maximum atomic E-state index is 5.22. The first-order chi connectivity index (χ1) is 6.79. The fourth-order valence-corrected chi connectivity index (χ4v) is 1.98. The number of hydrogen-bond donors (Lipinski definition) is 1. The zero-order valence-electron chi connectivity index (χ0n) is 8.09. The molecule has 1 fully saturated rings. The molecule has 76 valence electrons. The van der Waals surface area contributed by atoms with Crippen LogP contribution in [0.3, 0.4) is 0 Å². The van der Waals surface area contributed by atoms with Gasteiger partial charge in [-0.3, -0.25) is 0 Å². The number of pyridine rings is 1. The first-order valence-electron chi connectivity index (χ1n) is 4.68. The molecule has 2 rings (SSSR count). The largest absolute Gasteiger partial charge is 0.481 e. The van der Waals surface area contributed by atoms with E-state index in [4.69, 9.17) is 4.74 Å². The minimum Gasteiger partial charge on any atom is -0.481 e. The van der Waals surface area contributed by atoms with Crippen molar-refractivity contribution in [1.82, 2.24) is 10.3 Å². The lowest BCUT2D eigenvalue weighted by molar-refractivity contribution is 0.335. The van der Waals surface area contributed by atoms with Crippen LogP contribution in [0.5, 0.6) is 5.88 Å². The van der Waals surface area contributed by atoms with E-state index >= 15 is 0 Å². The minimum atomic E-state index is 0.736. The average molecular weight is 257 g/mol. The van der Waals surface area contributed by atoms with Gasteiger partial charge in [0.05, 0.1) is 7.11 Å². The van der Waals surface area contributed by atoms with Gasteiger partial charge in [-0.05, 0) is 47.4 Å². The van der Waals surface area contributed by atoms with Crippen LogP contribution in [0, 0.1) is 5.92 Å².